The third kappa shape index (κ3) is 3.46. The Hall–Kier alpha value is -2.70. The van der Waals surface area contributed by atoms with Gasteiger partial charge in [-0.3, -0.25) is 9.67 Å². The summed E-state index contributed by atoms with van der Waals surface area (Å²) >= 11 is 0. The van der Waals surface area contributed by atoms with Crippen LogP contribution in [0.3, 0.4) is 0 Å². The quantitative estimate of drug-likeness (QED) is 0.578. The summed E-state index contributed by atoms with van der Waals surface area (Å²) in [7, 11) is 0. The van der Waals surface area contributed by atoms with Crippen LogP contribution in [0.2, 0.25) is 0 Å². The molecule has 1 saturated heterocycles. The van der Waals surface area contributed by atoms with Crippen molar-refractivity contribution >= 4 is 23.5 Å². The zero-order valence-electron chi connectivity index (χ0n) is 14.7. The number of hydrogen-bond acceptors (Lipinski definition) is 5. The van der Waals surface area contributed by atoms with Crippen LogP contribution in [0.25, 0.3) is 33.7 Å². The van der Waals surface area contributed by atoms with E-state index in [4.69, 9.17) is 4.42 Å². The van der Waals surface area contributed by atoms with E-state index in [0.29, 0.717) is 11.9 Å². The van der Waals surface area contributed by atoms with Crippen LogP contribution >= 0.6 is 12.4 Å². The zero-order valence-corrected chi connectivity index (χ0v) is 15.5. The summed E-state index contributed by atoms with van der Waals surface area (Å²) in [5, 5.41) is 7.97. The number of benzene rings is 1. The molecule has 0 spiro atoms. The maximum Gasteiger partial charge on any atom is 0.228 e. The molecule has 0 bridgehead atoms. The maximum atomic E-state index is 5.87. The van der Waals surface area contributed by atoms with Crippen LogP contribution in [-0.4, -0.2) is 32.8 Å². The number of para-hydroxylation sites is 2. The Labute approximate surface area is 163 Å². The molecule has 4 aromatic rings. The minimum atomic E-state index is 0. The smallest absolute Gasteiger partial charge is 0.228 e. The van der Waals surface area contributed by atoms with E-state index in [1.54, 1.807) is 6.20 Å². The third-order valence-corrected chi connectivity index (χ3v) is 4.90. The molecule has 1 aromatic carbocycles. The number of aromatic nitrogens is 4. The number of rotatable bonds is 3. The Bertz CT molecular complexity index is 1020. The van der Waals surface area contributed by atoms with Gasteiger partial charge in [0, 0.05) is 29.7 Å². The first kappa shape index (κ1) is 17.7. The van der Waals surface area contributed by atoms with E-state index in [1.807, 2.05) is 36.7 Å². The largest absolute Gasteiger partial charge is 0.436 e. The number of nitrogens with zero attached hydrogens (tertiary/aromatic N) is 4. The Balaban J connectivity index is 0.00000180. The molecular formula is C20H20ClN5O. The van der Waals surface area contributed by atoms with Crippen LogP contribution in [-0.2, 0) is 0 Å². The summed E-state index contributed by atoms with van der Waals surface area (Å²) in [6.45, 7) is 2.10. The number of pyridine rings is 1. The van der Waals surface area contributed by atoms with Crippen molar-refractivity contribution in [2.24, 2.45) is 0 Å². The molecule has 0 aliphatic carbocycles. The number of oxazole rings is 1. The molecule has 7 heteroatoms. The van der Waals surface area contributed by atoms with Gasteiger partial charge in [-0.15, -0.1) is 12.4 Å². The van der Waals surface area contributed by atoms with Crippen LogP contribution in [0.4, 0.5) is 0 Å². The molecular weight excluding hydrogens is 362 g/mol. The number of piperidine rings is 1. The number of fused-ring (bicyclic) bond motifs is 1. The Morgan fingerprint density at radius 2 is 1.81 bits per heavy atom. The first-order valence-electron chi connectivity index (χ1n) is 8.93. The molecule has 6 nitrogen and oxygen atoms in total. The normalized spacial score (nSPS) is 15.0. The maximum absolute atomic E-state index is 5.87. The summed E-state index contributed by atoms with van der Waals surface area (Å²) in [6.07, 6.45) is 9.89. The van der Waals surface area contributed by atoms with Gasteiger partial charge in [0.2, 0.25) is 5.89 Å². The fourth-order valence-corrected chi connectivity index (χ4v) is 3.47. The standard InChI is InChI=1S/C20H19N5O.ClH/c1-2-4-19-18(3-1)24-20(26-19)15-9-14(10-22-11-15)16-12-23-25(13-16)17-5-7-21-8-6-17;/h1-4,9-13,17,21H,5-8H2;1H. The molecule has 4 heterocycles. The van der Waals surface area contributed by atoms with Gasteiger partial charge in [0.05, 0.1) is 17.8 Å². The predicted octanol–water partition coefficient (Wildman–Crippen LogP) is 4.10. The molecule has 0 radical (unpaired) electrons. The first-order chi connectivity index (χ1) is 12.9. The van der Waals surface area contributed by atoms with Crippen LogP contribution in [0.1, 0.15) is 18.9 Å². The molecule has 1 aliphatic rings. The SMILES string of the molecule is Cl.c1ccc2oc(-c3cncc(-c4cnn(C5CCNCC5)c4)c3)nc2c1. The first-order valence-corrected chi connectivity index (χ1v) is 8.93. The van der Waals surface area contributed by atoms with Crippen molar-refractivity contribution in [1.29, 1.82) is 0 Å². The van der Waals surface area contributed by atoms with E-state index in [2.05, 4.69) is 37.3 Å². The number of hydrogen-bond donors (Lipinski definition) is 1. The average molecular weight is 382 g/mol. The molecule has 27 heavy (non-hydrogen) atoms. The van der Waals surface area contributed by atoms with Gasteiger partial charge >= 0.3 is 0 Å². The average Bonchev–Trinajstić information content (AvgIpc) is 3.36. The van der Waals surface area contributed by atoms with E-state index in [-0.39, 0.29) is 12.4 Å². The molecule has 3 aromatic heterocycles. The Morgan fingerprint density at radius 3 is 2.67 bits per heavy atom. The lowest BCUT2D eigenvalue weighted by molar-refractivity contribution is 0.343. The molecule has 5 rings (SSSR count). The summed E-state index contributed by atoms with van der Waals surface area (Å²) in [5.41, 5.74) is 4.59. The lowest BCUT2D eigenvalue weighted by atomic mass is 10.1. The lowest BCUT2D eigenvalue weighted by Gasteiger charge is -2.22. The van der Waals surface area contributed by atoms with Crippen molar-refractivity contribution in [3.63, 3.8) is 0 Å². The number of nitrogens with one attached hydrogen (secondary N) is 1. The Kier molecular flexibility index (Phi) is 4.92. The third-order valence-electron chi connectivity index (χ3n) is 4.90. The second-order valence-electron chi connectivity index (χ2n) is 6.64. The van der Waals surface area contributed by atoms with E-state index >= 15 is 0 Å². The molecule has 0 saturated carbocycles. The van der Waals surface area contributed by atoms with Crippen molar-refractivity contribution < 1.29 is 4.42 Å². The molecule has 0 atom stereocenters. The highest BCUT2D eigenvalue weighted by Gasteiger charge is 2.16. The van der Waals surface area contributed by atoms with Gasteiger partial charge in [-0.2, -0.15) is 5.10 Å². The second kappa shape index (κ2) is 7.50. The zero-order chi connectivity index (χ0) is 17.3. The van der Waals surface area contributed by atoms with Gasteiger partial charge in [0.15, 0.2) is 5.58 Å². The van der Waals surface area contributed by atoms with Crippen molar-refractivity contribution in [3.8, 4) is 22.6 Å². The molecule has 1 aliphatic heterocycles. The molecule has 0 amide bonds. The highest BCUT2D eigenvalue weighted by molar-refractivity contribution is 5.85. The van der Waals surface area contributed by atoms with Gasteiger partial charge in [-0.05, 0) is 44.1 Å². The van der Waals surface area contributed by atoms with Crippen LogP contribution < -0.4 is 5.32 Å². The lowest BCUT2D eigenvalue weighted by Crippen LogP contribution is -2.29. The van der Waals surface area contributed by atoms with E-state index in [9.17, 15) is 0 Å². The van der Waals surface area contributed by atoms with Gasteiger partial charge < -0.3 is 9.73 Å². The van der Waals surface area contributed by atoms with Crippen LogP contribution in [0.5, 0.6) is 0 Å². The monoisotopic (exact) mass is 381 g/mol. The van der Waals surface area contributed by atoms with Crippen molar-refractivity contribution in [2.75, 3.05) is 13.1 Å². The minimum Gasteiger partial charge on any atom is -0.436 e. The van der Waals surface area contributed by atoms with Crippen molar-refractivity contribution in [3.05, 3.63) is 55.1 Å². The molecule has 138 valence electrons. The van der Waals surface area contributed by atoms with Crippen molar-refractivity contribution in [1.82, 2.24) is 25.1 Å². The topological polar surface area (TPSA) is 68.8 Å². The predicted molar refractivity (Wildman–Crippen MR) is 107 cm³/mol. The second-order valence-corrected chi connectivity index (χ2v) is 6.64. The molecule has 1 fully saturated rings. The van der Waals surface area contributed by atoms with Gasteiger partial charge in [-0.25, -0.2) is 4.98 Å². The van der Waals surface area contributed by atoms with Crippen LogP contribution in [0.15, 0.2) is 59.5 Å². The summed E-state index contributed by atoms with van der Waals surface area (Å²) in [5.74, 6) is 0.589. The van der Waals surface area contributed by atoms with Gasteiger partial charge in [0.1, 0.15) is 5.52 Å². The highest BCUT2D eigenvalue weighted by Crippen LogP contribution is 2.28. The molecule has 0 unspecified atom stereocenters. The van der Waals surface area contributed by atoms with E-state index < -0.39 is 0 Å². The fourth-order valence-electron chi connectivity index (χ4n) is 3.47. The molecule has 1 N–H and O–H groups in total. The van der Waals surface area contributed by atoms with Crippen LogP contribution in [0, 0.1) is 0 Å². The highest BCUT2D eigenvalue weighted by atomic mass is 35.5. The Morgan fingerprint density at radius 1 is 1.00 bits per heavy atom. The summed E-state index contributed by atoms with van der Waals surface area (Å²) in [4.78, 5) is 8.94. The van der Waals surface area contributed by atoms with Crippen molar-refractivity contribution in [2.45, 2.75) is 18.9 Å². The summed E-state index contributed by atoms with van der Waals surface area (Å²) < 4.78 is 7.95. The number of halogens is 1. The fraction of sp³-hybridized carbons (Fsp3) is 0.250. The van der Waals surface area contributed by atoms with Gasteiger partial charge in [-0.1, -0.05) is 12.1 Å². The van der Waals surface area contributed by atoms with E-state index in [1.165, 1.54) is 0 Å². The van der Waals surface area contributed by atoms with E-state index in [0.717, 1.165) is 53.7 Å². The van der Waals surface area contributed by atoms with Gasteiger partial charge in [0.25, 0.3) is 0 Å². The minimum absolute atomic E-state index is 0. The summed E-state index contributed by atoms with van der Waals surface area (Å²) in [6, 6.07) is 10.3.